The normalized spacial score (nSPS) is 15.6. The van der Waals surface area contributed by atoms with Crippen molar-refractivity contribution in [3.05, 3.63) is 29.3 Å². The van der Waals surface area contributed by atoms with Gasteiger partial charge in [-0.2, -0.15) is 0 Å². The first-order valence-electron chi connectivity index (χ1n) is 6.83. The molecule has 0 aromatic heterocycles. The van der Waals surface area contributed by atoms with Crippen LogP contribution >= 0.6 is 0 Å². The predicted molar refractivity (Wildman–Crippen MR) is 74.8 cm³/mol. The Morgan fingerprint density at radius 2 is 2.22 bits per heavy atom. The lowest BCUT2D eigenvalue weighted by molar-refractivity contribution is -0.118. The highest BCUT2D eigenvalue weighted by Gasteiger charge is 2.23. The number of rotatable bonds is 4. The van der Waals surface area contributed by atoms with Crippen molar-refractivity contribution in [3.63, 3.8) is 0 Å². The van der Waals surface area contributed by atoms with Gasteiger partial charge in [0.25, 0.3) is 0 Å². The molecule has 0 aliphatic carbocycles. The van der Waals surface area contributed by atoms with Crippen LogP contribution in [0.2, 0.25) is 0 Å². The molecular formula is C15H22N2O. The smallest absolute Gasteiger partial charge is 0.226 e. The summed E-state index contributed by atoms with van der Waals surface area (Å²) in [6.45, 7) is 4.85. The van der Waals surface area contributed by atoms with Crippen molar-refractivity contribution in [1.82, 2.24) is 0 Å². The molecule has 1 amide bonds. The van der Waals surface area contributed by atoms with Crippen LogP contribution < -0.4 is 10.6 Å². The minimum Gasteiger partial charge on any atom is -0.327 e. The number of nitrogens with two attached hydrogens (primary N) is 1. The van der Waals surface area contributed by atoms with Gasteiger partial charge in [0.2, 0.25) is 5.91 Å². The number of fused-ring (bicyclic) bond motifs is 1. The molecule has 3 heteroatoms. The van der Waals surface area contributed by atoms with Gasteiger partial charge in [-0.25, -0.2) is 0 Å². The number of nitrogens with zero attached hydrogens (tertiary/aromatic N) is 1. The molecule has 1 heterocycles. The van der Waals surface area contributed by atoms with E-state index < -0.39 is 0 Å². The first kappa shape index (κ1) is 13.1. The molecule has 1 aliphatic rings. The number of carbonyl (C=O) groups is 1. The third-order valence-corrected chi connectivity index (χ3v) is 3.67. The minimum absolute atomic E-state index is 0.215. The van der Waals surface area contributed by atoms with Crippen molar-refractivity contribution in [2.24, 2.45) is 5.73 Å². The monoisotopic (exact) mass is 246 g/mol. The number of hydrogen-bond acceptors (Lipinski definition) is 2. The number of amides is 1. The van der Waals surface area contributed by atoms with Gasteiger partial charge in [0.1, 0.15) is 0 Å². The van der Waals surface area contributed by atoms with Crippen LogP contribution in [-0.4, -0.2) is 18.5 Å². The topological polar surface area (TPSA) is 46.3 Å². The fourth-order valence-electron chi connectivity index (χ4n) is 2.48. The molecule has 1 aliphatic heterocycles. The van der Waals surface area contributed by atoms with E-state index in [1.165, 1.54) is 11.1 Å². The van der Waals surface area contributed by atoms with Gasteiger partial charge in [0, 0.05) is 24.7 Å². The van der Waals surface area contributed by atoms with E-state index in [1.807, 2.05) is 11.8 Å². The zero-order valence-electron chi connectivity index (χ0n) is 11.3. The second-order valence-corrected chi connectivity index (χ2v) is 4.98. The minimum atomic E-state index is 0.215. The van der Waals surface area contributed by atoms with E-state index in [9.17, 15) is 4.79 Å². The van der Waals surface area contributed by atoms with Crippen LogP contribution in [0.15, 0.2) is 18.2 Å². The van der Waals surface area contributed by atoms with Crippen molar-refractivity contribution in [3.8, 4) is 0 Å². The van der Waals surface area contributed by atoms with Crippen molar-refractivity contribution in [2.75, 3.05) is 11.4 Å². The Labute approximate surface area is 109 Å². The number of benzene rings is 1. The first-order chi connectivity index (χ1) is 8.65. The highest BCUT2D eigenvalue weighted by Crippen LogP contribution is 2.29. The molecular weight excluding hydrogens is 224 g/mol. The summed E-state index contributed by atoms with van der Waals surface area (Å²) in [6.07, 6.45) is 3.46. The molecule has 0 saturated heterocycles. The second-order valence-electron chi connectivity index (χ2n) is 4.98. The number of hydrogen-bond donors (Lipinski definition) is 1. The van der Waals surface area contributed by atoms with Crippen molar-refractivity contribution in [2.45, 2.75) is 45.6 Å². The Morgan fingerprint density at radius 1 is 1.44 bits per heavy atom. The average Bonchev–Trinajstić information content (AvgIpc) is 2.80. The SMILES string of the molecule is CCC(=O)N1CCc2cc(CC(N)CC)ccc21. The lowest BCUT2D eigenvalue weighted by Gasteiger charge is -2.17. The summed E-state index contributed by atoms with van der Waals surface area (Å²) < 4.78 is 0. The maximum Gasteiger partial charge on any atom is 0.226 e. The summed E-state index contributed by atoms with van der Waals surface area (Å²) in [7, 11) is 0. The molecule has 18 heavy (non-hydrogen) atoms. The van der Waals surface area contributed by atoms with Gasteiger partial charge in [-0.1, -0.05) is 26.0 Å². The standard InChI is InChI=1S/C15H22N2O/c1-3-13(16)10-11-5-6-14-12(9-11)7-8-17(14)15(18)4-2/h5-6,9,13H,3-4,7-8,10,16H2,1-2H3. The Bertz CT molecular complexity index is 442. The lowest BCUT2D eigenvalue weighted by Crippen LogP contribution is -2.27. The first-order valence-corrected chi connectivity index (χ1v) is 6.83. The van der Waals surface area contributed by atoms with Gasteiger partial charge >= 0.3 is 0 Å². The molecule has 1 aromatic carbocycles. The summed E-state index contributed by atoms with van der Waals surface area (Å²) in [5, 5.41) is 0. The Morgan fingerprint density at radius 3 is 2.89 bits per heavy atom. The maximum absolute atomic E-state index is 11.8. The molecule has 0 bridgehead atoms. The quantitative estimate of drug-likeness (QED) is 0.885. The molecule has 98 valence electrons. The number of carbonyl (C=O) groups excluding carboxylic acids is 1. The average molecular weight is 246 g/mol. The summed E-state index contributed by atoms with van der Waals surface area (Å²) in [6, 6.07) is 6.63. The zero-order chi connectivity index (χ0) is 13.1. The Balaban J connectivity index is 2.17. The van der Waals surface area contributed by atoms with E-state index in [4.69, 9.17) is 5.73 Å². The third kappa shape index (κ3) is 2.56. The van der Waals surface area contributed by atoms with Crippen molar-refractivity contribution < 1.29 is 4.79 Å². The molecule has 1 atom stereocenters. The van der Waals surface area contributed by atoms with Crippen LogP contribution in [0.3, 0.4) is 0 Å². The Hall–Kier alpha value is -1.35. The predicted octanol–water partition coefficient (Wildman–Crippen LogP) is 2.27. The summed E-state index contributed by atoms with van der Waals surface area (Å²) in [5.74, 6) is 0.215. The molecule has 2 N–H and O–H groups in total. The van der Waals surface area contributed by atoms with E-state index in [-0.39, 0.29) is 11.9 Å². The van der Waals surface area contributed by atoms with Crippen LogP contribution in [0.1, 0.15) is 37.8 Å². The van der Waals surface area contributed by atoms with E-state index in [2.05, 4.69) is 25.1 Å². The zero-order valence-corrected chi connectivity index (χ0v) is 11.3. The fraction of sp³-hybridized carbons (Fsp3) is 0.533. The van der Waals surface area contributed by atoms with Crippen LogP contribution in [0.5, 0.6) is 0 Å². The molecule has 1 unspecified atom stereocenters. The largest absolute Gasteiger partial charge is 0.327 e. The summed E-state index contributed by atoms with van der Waals surface area (Å²) in [4.78, 5) is 13.7. The number of anilines is 1. The van der Waals surface area contributed by atoms with Crippen LogP contribution in [0.25, 0.3) is 0 Å². The van der Waals surface area contributed by atoms with E-state index in [0.717, 1.165) is 31.5 Å². The highest BCUT2D eigenvalue weighted by molar-refractivity contribution is 5.95. The van der Waals surface area contributed by atoms with E-state index >= 15 is 0 Å². The van der Waals surface area contributed by atoms with Crippen molar-refractivity contribution >= 4 is 11.6 Å². The van der Waals surface area contributed by atoms with E-state index in [0.29, 0.717) is 6.42 Å². The van der Waals surface area contributed by atoms with Gasteiger partial charge in [0.05, 0.1) is 0 Å². The molecule has 2 rings (SSSR count). The molecule has 3 nitrogen and oxygen atoms in total. The van der Waals surface area contributed by atoms with Crippen LogP contribution in [0, 0.1) is 0 Å². The molecule has 0 fully saturated rings. The van der Waals surface area contributed by atoms with Crippen LogP contribution in [0.4, 0.5) is 5.69 Å². The third-order valence-electron chi connectivity index (χ3n) is 3.67. The van der Waals surface area contributed by atoms with Gasteiger partial charge in [-0.3, -0.25) is 4.79 Å². The van der Waals surface area contributed by atoms with Crippen molar-refractivity contribution in [1.29, 1.82) is 0 Å². The molecule has 0 radical (unpaired) electrons. The molecule has 1 aromatic rings. The molecule has 0 saturated carbocycles. The fourth-order valence-corrected chi connectivity index (χ4v) is 2.48. The molecule has 0 spiro atoms. The maximum atomic E-state index is 11.8. The Kier molecular flexibility index (Phi) is 4.02. The van der Waals surface area contributed by atoms with E-state index in [1.54, 1.807) is 0 Å². The summed E-state index contributed by atoms with van der Waals surface area (Å²) in [5.41, 5.74) is 9.65. The highest BCUT2D eigenvalue weighted by atomic mass is 16.2. The second kappa shape index (κ2) is 5.53. The van der Waals surface area contributed by atoms with Gasteiger partial charge in [-0.05, 0) is 36.5 Å². The lowest BCUT2D eigenvalue weighted by atomic mass is 10.0. The van der Waals surface area contributed by atoms with Gasteiger partial charge in [0.15, 0.2) is 0 Å². The van der Waals surface area contributed by atoms with Crippen LogP contribution in [-0.2, 0) is 17.6 Å². The van der Waals surface area contributed by atoms with Gasteiger partial charge in [-0.15, -0.1) is 0 Å². The summed E-state index contributed by atoms with van der Waals surface area (Å²) >= 11 is 0. The van der Waals surface area contributed by atoms with Gasteiger partial charge < -0.3 is 10.6 Å².